The van der Waals surface area contributed by atoms with Crippen molar-refractivity contribution < 1.29 is 9.59 Å². The lowest BCUT2D eigenvalue weighted by Gasteiger charge is -2.09. The Kier molecular flexibility index (Phi) is 5.74. The number of benzene rings is 3. The van der Waals surface area contributed by atoms with Gasteiger partial charge in [-0.25, -0.2) is 0 Å². The second-order valence-corrected chi connectivity index (χ2v) is 6.39. The van der Waals surface area contributed by atoms with Gasteiger partial charge >= 0.3 is 0 Å². The molecule has 2 N–H and O–H groups in total. The number of anilines is 1. The summed E-state index contributed by atoms with van der Waals surface area (Å²) in [5, 5.41) is 7.87. The minimum atomic E-state index is -0.330. The smallest absolute Gasteiger partial charge is 0.250 e. The third-order valence-electron chi connectivity index (χ3n) is 4.00. The number of Topliss-reactive ketones (excluding diaryl/α,β-unsaturated/α-hetero) is 1. The van der Waals surface area contributed by atoms with Crippen LogP contribution in [-0.4, -0.2) is 16.8 Å². The highest BCUT2D eigenvalue weighted by Gasteiger charge is 2.05. The molecule has 0 bridgehead atoms. The molecule has 5 heteroatoms. The van der Waals surface area contributed by atoms with Crippen LogP contribution in [0.3, 0.4) is 0 Å². The predicted octanol–water partition coefficient (Wildman–Crippen LogP) is 4.57. The van der Waals surface area contributed by atoms with Gasteiger partial charge in [-0.2, -0.15) is 0 Å². The molecule has 3 rings (SSSR count). The normalized spacial score (nSPS) is 10.7. The lowest BCUT2D eigenvalue weighted by molar-refractivity contribution is -0.115. The Bertz CT molecular complexity index is 1050. The summed E-state index contributed by atoms with van der Waals surface area (Å²) in [6.07, 6.45) is 3.21. The summed E-state index contributed by atoms with van der Waals surface area (Å²) in [5.41, 5.74) is 2.17. The standard InChI is InChI=1S/C22H18N2O2S/c1-15(25)18-9-5-10-19(14-18)23-22(27)24-21(26)13-12-17-8-4-7-16-6-2-3-11-20(16)17/h2-14H,1H3,(H2,23,24,26,27). The van der Waals surface area contributed by atoms with Gasteiger partial charge in [-0.1, -0.05) is 54.6 Å². The molecule has 3 aromatic rings. The van der Waals surface area contributed by atoms with Crippen LogP contribution >= 0.6 is 12.2 Å². The van der Waals surface area contributed by atoms with Gasteiger partial charge in [-0.05, 0) is 53.7 Å². The first-order chi connectivity index (χ1) is 13.0. The number of hydrogen-bond donors (Lipinski definition) is 2. The van der Waals surface area contributed by atoms with E-state index in [-0.39, 0.29) is 16.8 Å². The second-order valence-electron chi connectivity index (χ2n) is 5.98. The van der Waals surface area contributed by atoms with Gasteiger partial charge in [0.1, 0.15) is 0 Å². The molecule has 0 aliphatic carbocycles. The van der Waals surface area contributed by atoms with Crippen molar-refractivity contribution in [2.45, 2.75) is 6.92 Å². The van der Waals surface area contributed by atoms with E-state index in [1.807, 2.05) is 42.5 Å². The zero-order valence-electron chi connectivity index (χ0n) is 14.7. The molecule has 0 fully saturated rings. The number of rotatable bonds is 4. The van der Waals surface area contributed by atoms with Crippen molar-refractivity contribution in [3.63, 3.8) is 0 Å². The number of thiocarbonyl (C=S) groups is 1. The summed E-state index contributed by atoms with van der Waals surface area (Å²) in [6.45, 7) is 1.50. The maximum atomic E-state index is 12.1. The number of amides is 1. The van der Waals surface area contributed by atoms with Crippen molar-refractivity contribution in [2.75, 3.05) is 5.32 Å². The summed E-state index contributed by atoms with van der Waals surface area (Å²) in [5.74, 6) is -0.366. The third-order valence-corrected chi connectivity index (χ3v) is 4.21. The Morgan fingerprint density at radius 3 is 2.52 bits per heavy atom. The zero-order valence-corrected chi connectivity index (χ0v) is 15.5. The van der Waals surface area contributed by atoms with E-state index in [9.17, 15) is 9.59 Å². The van der Waals surface area contributed by atoms with Crippen LogP contribution in [0.5, 0.6) is 0 Å². The van der Waals surface area contributed by atoms with Crippen LogP contribution in [0.25, 0.3) is 16.8 Å². The van der Waals surface area contributed by atoms with Crippen LogP contribution < -0.4 is 10.6 Å². The Balaban J connectivity index is 1.65. The van der Waals surface area contributed by atoms with E-state index in [0.29, 0.717) is 11.3 Å². The highest BCUT2D eigenvalue weighted by molar-refractivity contribution is 7.80. The van der Waals surface area contributed by atoms with Crippen molar-refractivity contribution in [1.29, 1.82) is 0 Å². The predicted molar refractivity (Wildman–Crippen MR) is 114 cm³/mol. The van der Waals surface area contributed by atoms with Crippen LogP contribution in [-0.2, 0) is 4.79 Å². The van der Waals surface area contributed by atoms with Gasteiger partial charge in [0.25, 0.3) is 0 Å². The van der Waals surface area contributed by atoms with Crippen molar-refractivity contribution in [3.05, 3.63) is 83.9 Å². The van der Waals surface area contributed by atoms with Gasteiger partial charge in [0.2, 0.25) is 5.91 Å². The summed E-state index contributed by atoms with van der Waals surface area (Å²) < 4.78 is 0. The first kappa shape index (κ1) is 18.5. The largest absolute Gasteiger partial charge is 0.332 e. The Labute approximate surface area is 162 Å². The average Bonchev–Trinajstić information content (AvgIpc) is 2.66. The molecular weight excluding hydrogens is 356 g/mol. The highest BCUT2D eigenvalue weighted by Crippen LogP contribution is 2.19. The molecule has 0 aliphatic rings. The van der Waals surface area contributed by atoms with Gasteiger partial charge in [0.05, 0.1) is 0 Å². The molecule has 0 saturated carbocycles. The van der Waals surface area contributed by atoms with Crippen molar-refractivity contribution in [1.82, 2.24) is 5.32 Å². The summed E-state index contributed by atoms with van der Waals surface area (Å²) in [6, 6.07) is 20.9. The summed E-state index contributed by atoms with van der Waals surface area (Å²) in [7, 11) is 0. The van der Waals surface area contributed by atoms with E-state index >= 15 is 0 Å². The van der Waals surface area contributed by atoms with Crippen molar-refractivity contribution in [3.8, 4) is 0 Å². The molecule has 0 heterocycles. The number of carbonyl (C=O) groups is 2. The topological polar surface area (TPSA) is 58.2 Å². The van der Waals surface area contributed by atoms with E-state index in [0.717, 1.165) is 16.3 Å². The Morgan fingerprint density at radius 2 is 1.70 bits per heavy atom. The van der Waals surface area contributed by atoms with Crippen molar-refractivity contribution >= 4 is 51.6 Å². The molecule has 3 aromatic carbocycles. The first-order valence-corrected chi connectivity index (χ1v) is 8.82. The number of hydrogen-bond acceptors (Lipinski definition) is 3. The molecule has 0 spiro atoms. The molecule has 0 unspecified atom stereocenters. The SMILES string of the molecule is CC(=O)c1cccc(NC(=S)NC(=O)C=Cc2cccc3ccccc23)c1. The maximum absolute atomic E-state index is 12.1. The van der Waals surface area contributed by atoms with E-state index in [4.69, 9.17) is 12.2 Å². The minimum Gasteiger partial charge on any atom is -0.332 e. The molecule has 27 heavy (non-hydrogen) atoms. The van der Waals surface area contributed by atoms with Gasteiger partial charge < -0.3 is 5.32 Å². The van der Waals surface area contributed by atoms with Gasteiger partial charge in [0.15, 0.2) is 10.9 Å². The molecule has 4 nitrogen and oxygen atoms in total. The first-order valence-electron chi connectivity index (χ1n) is 8.42. The fourth-order valence-corrected chi connectivity index (χ4v) is 2.91. The average molecular weight is 374 g/mol. The van der Waals surface area contributed by atoms with Crippen LogP contribution in [0.4, 0.5) is 5.69 Å². The number of fused-ring (bicyclic) bond motifs is 1. The Morgan fingerprint density at radius 1 is 0.963 bits per heavy atom. The fraction of sp³-hybridized carbons (Fsp3) is 0.0455. The molecule has 0 aliphatic heterocycles. The molecule has 0 saturated heterocycles. The highest BCUT2D eigenvalue weighted by atomic mass is 32.1. The van der Waals surface area contributed by atoms with Crippen LogP contribution in [0, 0.1) is 0 Å². The molecule has 0 aromatic heterocycles. The summed E-state index contributed by atoms with van der Waals surface area (Å²) >= 11 is 5.17. The van der Waals surface area contributed by atoms with E-state index in [2.05, 4.69) is 10.6 Å². The molecular formula is C22H18N2O2S. The summed E-state index contributed by atoms with van der Waals surface area (Å²) in [4.78, 5) is 23.6. The van der Waals surface area contributed by atoms with Gasteiger partial charge in [-0.3, -0.25) is 14.9 Å². The van der Waals surface area contributed by atoms with E-state index in [1.54, 1.807) is 30.3 Å². The van der Waals surface area contributed by atoms with E-state index < -0.39 is 0 Å². The molecule has 1 amide bonds. The quantitative estimate of drug-likeness (QED) is 0.399. The molecule has 134 valence electrons. The maximum Gasteiger partial charge on any atom is 0.250 e. The number of carbonyl (C=O) groups excluding carboxylic acids is 2. The lowest BCUT2D eigenvalue weighted by atomic mass is 10.0. The monoisotopic (exact) mass is 374 g/mol. The van der Waals surface area contributed by atoms with E-state index in [1.165, 1.54) is 13.0 Å². The van der Waals surface area contributed by atoms with Crippen molar-refractivity contribution in [2.24, 2.45) is 0 Å². The number of nitrogens with one attached hydrogen (secondary N) is 2. The zero-order chi connectivity index (χ0) is 19.2. The minimum absolute atomic E-state index is 0.0355. The molecule has 0 radical (unpaired) electrons. The van der Waals surface area contributed by atoms with Crippen LogP contribution in [0.1, 0.15) is 22.8 Å². The Hall–Kier alpha value is -3.31. The van der Waals surface area contributed by atoms with Crippen LogP contribution in [0.2, 0.25) is 0 Å². The third kappa shape index (κ3) is 4.86. The van der Waals surface area contributed by atoms with Crippen LogP contribution in [0.15, 0.2) is 72.8 Å². The second kappa shape index (κ2) is 8.38. The lowest BCUT2D eigenvalue weighted by Crippen LogP contribution is -2.32. The fourth-order valence-electron chi connectivity index (χ4n) is 2.69. The number of ketones is 1. The molecule has 0 atom stereocenters. The van der Waals surface area contributed by atoms with Gasteiger partial charge in [-0.15, -0.1) is 0 Å². The van der Waals surface area contributed by atoms with Gasteiger partial charge in [0, 0.05) is 17.3 Å².